The van der Waals surface area contributed by atoms with Gasteiger partial charge in [-0.1, -0.05) is 12.1 Å². The van der Waals surface area contributed by atoms with E-state index in [0.717, 1.165) is 19.0 Å². The van der Waals surface area contributed by atoms with Crippen molar-refractivity contribution in [3.8, 4) is 0 Å². The van der Waals surface area contributed by atoms with Gasteiger partial charge in [-0.2, -0.15) is 0 Å². The molecule has 0 aliphatic carbocycles. The first-order valence-corrected chi connectivity index (χ1v) is 3.21. The van der Waals surface area contributed by atoms with Crippen LogP contribution < -0.4 is 0 Å². The second-order valence-electron chi connectivity index (χ2n) is 1.84. The zero-order valence-electron chi connectivity index (χ0n) is 6.53. The minimum atomic E-state index is -0.833. The highest BCUT2D eigenvalue weighted by atomic mass is 16.4. The van der Waals surface area contributed by atoms with Crippen LogP contribution in [0.4, 0.5) is 0 Å². The SMILES string of the molecule is CC(=O)O.CCc1c[nH]nn1. The van der Waals surface area contributed by atoms with Gasteiger partial charge in [0, 0.05) is 13.1 Å². The van der Waals surface area contributed by atoms with Gasteiger partial charge in [0.05, 0.1) is 5.69 Å². The van der Waals surface area contributed by atoms with Crippen molar-refractivity contribution in [2.75, 3.05) is 0 Å². The second-order valence-corrected chi connectivity index (χ2v) is 1.84. The van der Waals surface area contributed by atoms with Gasteiger partial charge in [-0.05, 0) is 6.42 Å². The number of hydrogen-bond acceptors (Lipinski definition) is 3. The Hall–Kier alpha value is -1.39. The Morgan fingerprint density at radius 2 is 2.36 bits per heavy atom. The van der Waals surface area contributed by atoms with E-state index >= 15 is 0 Å². The monoisotopic (exact) mass is 157 g/mol. The molecule has 0 bridgehead atoms. The van der Waals surface area contributed by atoms with E-state index in [9.17, 15) is 0 Å². The molecular formula is C6H11N3O2. The number of nitrogens with one attached hydrogen (secondary N) is 1. The van der Waals surface area contributed by atoms with Crippen LogP contribution in [0.1, 0.15) is 19.5 Å². The molecule has 0 aliphatic rings. The largest absolute Gasteiger partial charge is 0.481 e. The van der Waals surface area contributed by atoms with Gasteiger partial charge >= 0.3 is 0 Å². The lowest BCUT2D eigenvalue weighted by atomic mass is 10.4. The molecule has 5 heteroatoms. The van der Waals surface area contributed by atoms with Crippen molar-refractivity contribution in [3.05, 3.63) is 11.9 Å². The van der Waals surface area contributed by atoms with E-state index in [1.54, 1.807) is 6.20 Å². The average molecular weight is 157 g/mol. The summed E-state index contributed by atoms with van der Waals surface area (Å²) in [6.45, 7) is 3.12. The summed E-state index contributed by atoms with van der Waals surface area (Å²) < 4.78 is 0. The van der Waals surface area contributed by atoms with Crippen molar-refractivity contribution in [1.82, 2.24) is 15.4 Å². The Labute approximate surface area is 64.4 Å². The normalized spacial score (nSPS) is 8.18. The maximum atomic E-state index is 9.00. The quantitative estimate of drug-likeness (QED) is 0.620. The van der Waals surface area contributed by atoms with E-state index in [1.807, 2.05) is 6.92 Å². The molecule has 0 atom stereocenters. The number of rotatable bonds is 1. The first-order valence-electron chi connectivity index (χ1n) is 3.21. The lowest BCUT2D eigenvalue weighted by Gasteiger charge is -1.74. The van der Waals surface area contributed by atoms with E-state index in [1.165, 1.54) is 0 Å². The van der Waals surface area contributed by atoms with Crippen molar-refractivity contribution in [2.24, 2.45) is 0 Å². The molecular weight excluding hydrogens is 146 g/mol. The number of aromatic nitrogens is 3. The fourth-order valence-corrected chi connectivity index (χ4v) is 0.398. The maximum Gasteiger partial charge on any atom is 0.300 e. The van der Waals surface area contributed by atoms with Crippen LogP contribution in [0.2, 0.25) is 0 Å². The zero-order chi connectivity index (χ0) is 8.69. The molecule has 1 aromatic rings. The molecule has 1 rings (SSSR count). The zero-order valence-corrected chi connectivity index (χ0v) is 6.53. The second kappa shape index (κ2) is 5.40. The minimum Gasteiger partial charge on any atom is -0.481 e. The topological polar surface area (TPSA) is 78.9 Å². The third-order valence-electron chi connectivity index (χ3n) is 0.830. The summed E-state index contributed by atoms with van der Waals surface area (Å²) >= 11 is 0. The van der Waals surface area contributed by atoms with Crippen LogP contribution in [-0.2, 0) is 11.2 Å². The molecule has 5 nitrogen and oxygen atoms in total. The van der Waals surface area contributed by atoms with Gasteiger partial charge in [0.25, 0.3) is 5.97 Å². The summed E-state index contributed by atoms with van der Waals surface area (Å²) in [5, 5.41) is 17.3. The summed E-state index contributed by atoms with van der Waals surface area (Å²) in [6.07, 6.45) is 2.75. The molecule has 1 heterocycles. The number of carboxylic acids is 1. The van der Waals surface area contributed by atoms with E-state index < -0.39 is 5.97 Å². The summed E-state index contributed by atoms with van der Waals surface area (Å²) in [4.78, 5) is 9.00. The molecule has 0 spiro atoms. The number of carboxylic acid groups (broad SMARTS) is 1. The predicted molar refractivity (Wildman–Crippen MR) is 39.1 cm³/mol. The number of aryl methyl sites for hydroxylation is 1. The number of aromatic amines is 1. The maximum absolute atomic E-state index is 9.00. The highest BCUT2D eigenvalue weighted by Crippen LogP contribution is 1.85. The van der Waals surface area contributed by atoms with Gasteiger partial charge < -0.3 is 5.11 Å². The van der Waals surface area contributed by atoms with Crippen molar-refractivity contribution in [3.63, 3.8) is 0 Å². The Balaban J connectivity index is 0.000000218. The number of hydrogen-bond donors (Lipinski definition) is 2. The first-order chi connectivity index (χ1) is 5.16. The van der Waals surface area contributed by atoms with Crippen molar-refractivity contribution in [2.45, 2.75) is 20.3 Å². The smallest absolute Gasteiger partial charge is 0.300 e. The van der Waals surface area contributed by atoms with Crippen LogP contribution in [-0.4, -0.2) is 26.5 Å². The third-order valence-corrected chi connectivity index (χ3v) is 0.830. The molecule has 0 amide bonds. The molecule has 0 unspecified atom stereocenters. The Bertz CT molecular complexity index is 192. The van der Waals surface area contributed by atoms with Crippen LogP contribution in [0.25, 0.3) is 0 Å². The molecule has 0 fully saturated rings. The molecule has 1 aromatic heterocycles. The number of nitrogens with zero attached hydrogens (tertiary/aromatic N) is 2. The van der Waals surface area contributed by atoms with Gasteiger partial charge in [-0.15, -0.1) is 5.10 Å². The van der Waals surface area contributed by atoms with Crippen molar-refractivity contribution in [1.29, 1.82) is 0 Å². The molecule has 0 saturated heterocycles. The van der Waals surface area contributed by atoms with Gasteiger partial charge in [0.1, 0.15) is 0 Å². The van der Waals surface area contributed by atoms with Crippen molar-refractivity contribution >= 4 is 5.97 Å². The number of carbonyl (C=O) groups is 1. The van der Waals surface area contributed by atoms with Gasteiger partial charge in [-0.25, -0.2) is 0 Å². The summed E-state index contributed by atoms with van der Waals surface area (Å²) in [5.41, 5.74) is 1.01. The summed E-state index contributed by atoms with van der Waals surface area (Å²) in [5.74, 6) is -0.833. The average Bonchev–Trinajstić information content (AvgIpc) is 2.36. The van der Waals surface area contributed by atoms with E-state index in [4.69, 9.17) is 9.90 Å². The molecule has 11 heavy (non-hydrogen) atoms. The summed E-state index contributed by atoms with van der Waals surface area (Å²) in [7, 11) is 0. The molecule has 2 N–H and O–H groups in total. The van der Waals surface area contributed by atoms with E-state index in [0.29, 0.717) is 0 Å². The lowest BCUT2D eigenvalue weighted by molar-refractivity contribution is -0.134. The summed E-state index contributed by atoms with van der Waals surface area (Å²) in [6, 6.07) is 0. The number of aliphatic carboxylic acids is 1. The van der Waals surface area contributed by atoms with E-state index in [2.05, 4.69) is 15.4 Å². The van der Waals surface area contributed by atoms with Crippen LogP contribution in [0, 0.1) is 0 Å². The van der Waals surface area contributed by atoms with Crippen LogP contribution in [0.3, 0.4) is 0 Å². The third kappa shape index (κ3) is 6.50. The molecule has 0 aliphatic heterocycles. The Morgan fingerprint density at radius 3 is 2.55 bits per heavy atom. The molecule has 62 valence electrons. The first kappa shape index (κ1) is 9.61. The molecule has 0 radical (unpaired) electrons. The minimum absolute atomic E-state index is 0.833. The number of H-pyrrole nitrogens is 1. The van der Waals surface area contributed by atoms with Gasteiger partial charge in [0.2, 0.25) is 0 Å². The van der Waals surface area contributed by atoms with Gasteiger partial charge in [0.15, 0.2) is 0 Å². The highest BCUT2D eigenvalue weighted by molar-refractivity contribution is 5.62. The standard InChI is InChI=1S/C4H7N3.C2H4O2/c1-2-4-3-5-7-6-4;1-2(3)4/h3H,2H2,1H3,(H,5,6,7);1H3,(H,3,4). The Morgan fingerprint density at radius 1 is 1.82 bits per heavy atom. The highest BCUT2D eigenvalue weighted by Gasteiger charge is 1.85. The van der Waals surface area contributed by atoms with Crippen LogP contribution >= 0.6 is 0 Å². The lowest BCUT2D eigenvalue weighted by Crippen LogP contribution is -1.78. The Kier molecular flexibility index (Phi) is 4.72. The van der Waals surface area contributed by atoms with Crippen molar-refractivity contribution < 1.29 is 9.90 Å². The fourth-order valence-electron chi connectivity index (χ4n) is 0.398. The van der Waals surface area contributed by atoms with E-state index in [-0.39, 0.29) is 0 Å². The van der Waals surface area contributed by atoms with Crippen LogP contribution in [0.15, 0.2) is 6.20 Å². The molecule has 0 aromatic carbocycles. The fraction of sp³-hybridized carbons (Fsp3) is 0.500. The van der Waals surface area contributed by atoms with Crippen LogP contribution in [0.5, 0.6) is 0 Å². The van der Waals surface area contributed by atoms with Gasteiger partial charge in [-0.3, -0.25) is 9.89 Å². The predicted octanol–water partition coefficient (Wildman–Crippen LogP) is 0.458. The molecule has 0 saturated carbocycles.